The Labute approximate surface area is 407 Å². The van der Waals surface area contributed by atoms with Crippen LogP contribution in [-0.4, -0.2) is 66.5 Å². The van der Waals surface area contributed by atoms with Crippen LogP contribution in [0.4, 0.5) is 29.7 Å². The number of hydrogen-bond acceptors (Lipinski definition) is 11. The van der Waals surface area contributed by atoms with Gasteiger partial charge in [0.15, 0.2) is 0 Å². The van der Waals surface area contributed by atoms with E-state index >= 15 is 0 Å². The summed E-state index contributed by atoms with van der Waals surface area (Å²) in [6, 6.07) is 20.3. The number of amides is 3. The zero-order chi connectivity index (χ0) is 51.1. The lowest BCUT2D eigenvalue weighted by atomic mass is 9.85. The van der Waals surface area contributed by atoms with Gasteiger partial charge >= 0.3 is 11.5 Å². The number of hydrogen-bond donors (Lipinski definition) is 6. The van der Waals surface area contributed by atoms with Gasteiger partial charge in [-0.15, -0.1) is 0 Å². The van der Waals surface area contributed by atoms with E-state index in [0.29, 0.717) is 68.3 Å². The Hall–Kier alpha value is -5.67. The topological polar surface area (TPSA) is 241 Å². The number of rotatable bonds is 13. The normalized spacial score (nSPS) is 18.9. The molecule has 69 heavy (non-hydrogen) atoms. The number of carbonyl (C=O) groups is 4. The van der Waals surface area contributed by atoms with Crippen LogP contribution in [0.3, 0.4) is 0 Å². The van der Waals surface area contributed by atoms with Gasteiger partial charge in [0.2, 0.25) is 31.9 Å². The molecule has 0 spiro atoms. The van der Waals surface area contributed by atoms with Crippen LogP contribution in [0.1, 0.15) is 99.6 Å². The van der Waals surface area contributed by atoms with Crippen molar-refractivity contribution in [1.29, 1.82) is 0 Å². The van der Waals surface area contributed by atoms with E-state index in [4.69, 9.17) is 5.73 Å². The molecule has 7 N–H and O–H groups in total. The molecular weight excluding hydrogens is 958 g/mol. The number of nitrogens with two attached hydrogens (primary N) is 1. The Morgan fingerprint density at radius 3 is 1.35 bits per heavy atom. The molecule has 21 heteroatoms. The van der Waals surface area contributed by atoms with Crippen LogP contribution < -0.4 is 31.1 Å². The van der Waals surface area contributed by atoms with Gasteiger partial charge in [0, 0.05) is 46.9 Å². The van der Waals surface area contributed by atoms with Crippen molar-refractivity contribution in [3.8, 4) is 0 Å². The minimum absolute atomic E-state index is 0.0393. The third-order valence-corrected chi connectivity index (χ3v) is 15.2. The zero-order valence-electron chi connectivity index (χ0n) is 39.3. The van der Waals surface area contributed by atoms with E-state index in [0.717, 1.165) is 16.7 Å². The van der Waals surface area contributed by atoms with Crippen molar-refractivity contribution in [2.75, 3.05) is 25.3 Å². The van der Waals surface area contributed by atoms with Gasteiger partial charge in [0.05, 0.1) is 36.1 Å². The van der Waals surface area contributed by atoms with E-state index < -0.39 is 31.6 Å². The molecule has 2 fully saturated rings. The lowest BCUT2D eigenvalue weighted by molar-refractivity contribution is -0.127. The Morgan fingerprint density at radius 1 is 0.609 bits per heavy atom. The molecule has 3 amide bonds. The number of carbonyl (C=O) groups excluding carboxylic acids is 4. The highest BCUT2D eigenvalue weighted by atomic mass is 35.5. The lowest BCUT2D eigenvalue weighted by Crippen LogP contribution is -2.41. The van der Waals surface area contributed by atoms with Crippen molar-refractivity contribution >= 4 is 66.4 Å². The maximum Gasteiger partial charge on any atom is 0.411 e. The van der Waals surface area contributed by atoms with Crippen LogP contribution in [0.25, 0.3) is 0 Å². The van der Waals surface area contributed by atoms with Gasteiger partial charge < -0.3 is 25.8 Å². The van der Waals surface area contributed by atoms with E-state index in [1.807, 2.05) is 20.8 Å². The highest BCUT2D eigenvalue weighted by Gasteiger charge is 2.32. The number of benzene rings is 4. The molecule has 2 aliphatic carbocycles. The molecular formula is C48H61ClF2N6O10S2. The number of sulfonamides is 2. The van der Waals surface area contributed by atoms with Gasteiger partial charge in [-0.2, -0.15) is 0 Å². The molecule has 2 saturated carbocycles. The summed E-state index contributed by atoms with van der Waals surface area (Å²) in [4.78, 5) is 46.3. The summed E-state index contributed by atoms with van der Waals surface area (Å²) in [7, 11) is -5.02. The number of anilines is 2. The average molecular weight is 1020 g/mol. The van der Waals surface area contributed by atoms with E-state index in [-0.39, 0.29) is 69.2 Å². The first-order chi connectivity index (χ1) is 32.5. The number of nitrogens with one attached hydrogen (secondary N) is 5. The second kappa shape index (κ2) is 25.8. The highest BCUT2D eigenvalue weighted by Crippen LogP contribution is 2.29. The molecule has 2 aliphatic rings. The summed E-state index contributed by atoms with van der Waals surface area (Å²) < 4.78 is 91.1. The van der Waals surface area contributed by atoms with Crippen molar-refractivity contribution in [2.24, 2.45) is 11.8 Å². The zero-order valence-corrected chi connectivity index (χ0v) is 41.7. The van der Waals surface area contributed by atoms with E-state index in [1.54, 1.807) is 49.4 Å². The molecule has 0 aliphatic heterocycles. The van der Waals surface area contributed by atoms with Crippen LogP contribution in [0, 0.1) is 37.3 Å². The van der Waals surface area contributed by atoms with Gasteiger partial charge in [0.25, 0.3) is 0 Å². The largest absolute Gasteiger partial charge is 0.457 e. The predicted octanol–water partition coefficient (Wildman–Crippen LogP) is 8.45. The summed E-state index contributed by atoms with van der Waals surface area (Å²) in [5, 5.41) is 8.44. The fourth-order valence-corrected chi connectivity index (χ4v) is 10.4. The van der Waals surface area contributed by atoms with Crippen LogP contribution >= 0.6 is 11.6 Å². The van der Waals surface area contributed by atoms with Crippen LogP contribution in [0.2, 0.25) is 0 Å². The second-order valence-corrected chi connectivity index (χ2v) is 20.7. The molecule has 0 heterocycles. The summed E-state index contributed by atoms with van der Waals surface area (Å²) in [5.41, 5.74) is 9.03. The molecule has 0 saturated heterocycles. The molecule has 4 aromatic carbocycles. The quantitative estimate of drug-likeness (QED) is 0.0548. The van der Waals surface area contributed by atoms with Crippen LogP contribution in [-0.2, 0) is 39.1 Å². The third kappa shape index (κ3) is 17.4. The molecule has 16 nitrogen and oxygen atoms in total. The number of ether oxygens (including phenoxy) is 2. The third-order valence-electron chi connectivity index (χ3n) is 12.0. The first-order valence-corrected chi connectivity index (χ1v) is 25.6. The second-order valence-electron chi connectivity index (χ2n) is 17.0. The van der Waals surface area contributed by atoms with E-state index in [2.05, 4.69) is 46.5 Å². The fraction of sp³-hybridized carbons (Fsp3) is 0.417. The molecule has 6 rings (SSSR count). The van der Waals surface area contributed by atoms with Gasteiger partial charge in [0.1, 0.15) is 11.6 Å². The standard InChI is InChI=1S/C24H30FN3O5S.C22H28FN3O3S.C2H3ClO2/c1-15-4-13-21(14-22(15)27-24(30)33-3)34(31,32)28-20-11-7-18(8-12-20)23(29)26-16(2)17-5-9-19(25)10-6-17;1-14-3-12-20(13-21(14)24)30(28,29)26-19-10-6-17(7-11-19)22(27)25-15(2)16-4-8-18(23)9-5-16;1-5-2(3)4/h4-6,9-10,13-14,16,18,20,28H,7-8,11-12H2,1-3H3,(H,26,29)(H,27,30);3-5,8-9,12-13,15,17,19,26H,6-7,10-11,24H2,1-2H3,(H,25,27);1H3/t16-,18?,20?;15-,17?,19?;/m11./s1. The van der Waals surface area contributed by atoms with Crippen LogP contribution in [0.5, 0.6) is 0 Å². The summed E-state index contributed by atoms with van der Waals surface area (Å²) >= 11 is 4.60. The first-order valence-electron chi connectivity index (χ1n) is 22.2. The highest BCUT2D eigenvalue weighted by molar-refractivity contribution is 7.89. The average Bonchev–Trinajstić information content (AvgIpc) is 3.31. The maximum atomic E-state index is 13.1. The Morgan fingerprint density at radius 2 is 0.986 bits per heavy atom. The minimum Gasteiger partial charge on any atom is -0.457 e. The monoisotopic (exact) mass is 1020 g/mol. The van der Waals surface area contributed by atoms with Gasteiger partial charge in [-0.25, -0.2) is 44.6 Å². The molecule has 0 bridgehead atoms. The number of halogens is 3. The van der Waals surface area contributed by atoms with Gasteiger partial charge in [-0.05, 0) is 150 Å². The van der Waals surface area contributed by atoms with Gasteiger partial charge in [-0.1, -0.05) is 36.4 Å². The molecule has 376 valence electrons. The van der Waals surface area contributed by atoms with E-state index in [9.17, 15) is 44.8 Å². The number of methoxy groups -OCH3 is 2. The Kier molecular flexibility index (Phi) is 20.9. The predicted molar refractivity (Wildman–Crippen MR) is 259 cm³/mol. The molecule has 0 radical (unpaired) electrons. The number of nitrogen functional groups attached to an aromatic ring is 1. The van der Waals surface area contributed by atoms with Crippen molar-refractivity contribution in [3.05, 3.63) is 119 Å². The molecule has 0 aromatic heterocycles. The van der Waals surface area contributed by atoms with Gasteiger partial charge in [-0.3, -0.25) is 14.9 Å². The van der Waals surface area contributed by atoms with Crippen LogP contribution in [0.15, 0.2) is 94.7 Å². The maximum absolute atomic E-state index is 13.1. The van der Waals surface area contributed by atoms with Crippen molar-refractivity contribution in [2.45, 2.75) is 113 Å². The summed E-state index contributed by atoms with van der Waals surface area (Å²) in [6.45, 7) is 7.27. The SMILES string of the molecule is COC(=O)Cl.COC(=O)Nc1cc(S(=O)(=O)NC2CCC(C(=O)N[C@H](C)c3ccc(F)cc3)CC2)ccc1C.Cc1ccc(S(=O)(=O)NC2CCC(C(=O)N[C@H](C)c3ccc(F)cc3)CC2)cc1N. The lowest BCUT2D eigenvalue weighted by Gasteiger charge is -2.29. The van der Waals surface area contributed by atoms with E-state index in [1.165, 1.54) is 56.7 Å². The Balaban J connectivity index is 0.000000275. The molecule has 0 unspecified atom stereocenters. The van der Waals surface area contributed by atoms with Crippen molar-refractivity contribution in [3.63, 3.8) is 0 Å². The fourth-order valence-electron chi connectivity index (χ4n) is 7.70. The molecule has 2 atom stereocenters. The Bertz CT molecular complexity index is 2610. The van der Waals surface area contributed by atoms with Crippen molar-refractivity contribution in [1.82, 2.24) is 20.1 Å². The first kappa shape index (κ1) is 55.9. The van der Waals surface area contributed by atoms with Crippen molar-refractivity contribution < 1.29 is 54.3 Å². The summed E-state index contributed by atoms with van der Waals surface area (Å²) in [6.07, 6.45) is 3.86. The summed E-state index contributed by atoms with van der Waals surface area (Å²) in [5.74, 6) is -1.16. The smallest absolute Gasteiger partial charge is 0.411 e. The molecule has 4 aromatic rings. The minimum atomic E-state index is -3.81. The number of aryl methyl sites for hydroxylation is 2.